The summed E-state index contributed by atoms with van der Waals surface area (Å²) in [4.78, 5) is 2.75. The largest absolute Gasteiger partial charge is 0.328 e. The van der Waals surface area contributed by atoms with Gasteiger partial charge in [-0.25, -0.2) is 0 Å². The fourth-order valence-corrected chi connectivity index (χ4v) is 6.31. The van der Waals surface area contributed by atoms with E-state index < -0.39 is 0 Å². The third-order valence-electron chi connectivity index (χ3n) is 9.38. The molecule has 0 saturated heterocycles. The molecule has 0 aromatic rings. The maximum Gasteiger partial charge on any atom is 0.0794 e. The highest BCUT2D eigenvalue weighted by Gasteiger charge is 2.18. The minimum Gasteiger partial charge on any atom is -0.328 e. The Balaban J connectivity index is 3.92. The number of hydrogen-bond donors (Lipinski definition) is 0. The molecule has 0 spiro atoms. The van der Waals surface area contributed by atoms with Crippen molar-refractivity contribution in [1.82, 2.24) is 4.90 Å². The molecule has 0 saturated carbocycles. The van der Waals surface area contributed by atoms with Gasteiger partial charge >= 0.3 is 0 Å². The Hall–Kier alpha value is -0.120. The molecule has 0 atom stereocenters. The van der Waals surface area contributed by atoms with Crippen LogP contribution in [0.3, 0.4) is 0 Å². The Kier molecular flexibility index (Phi) is 26.4. The van der Waals surface area contributed by atoms with E-state index in [0.717, 1.165) is 0 Å². The summed E-state index contributed by atoms with van der Waals surface area (Å²) >= 11 is 0. The van der Waals surface area contributed by atoms with E-state index >= 15 is 0 Å². The monoisotopic (exact) mass is 568 g/mol. The van der Waals surface area contributed by atoms with Crippen LogP contribution in [0.15, 0.2) is 0 Å². The second kappa shape index (κ2) is 26.5. The van der Waals surface area contributed by atoms with Crippen molar-refractivity contribution in [3.63, 3.8) is 0 Å². The van der Waals surface area contributed by atoms with Gasteiger partial charge in [0.1, 0.15) is 0 Å². The number of unbranched alkanes of at least 4 members (excludes halogenated alkanes) is 18. The molecule has 0 radical (unpaired) electrons. The molecule has 0 bridgehead atoms. The highest BCUT2D eigenvalue weighted by Crippen LogP contribution is 2.14. The van der Waals surface area contributed by atoms with Crippen molar-refractivity contribution in [2.75, 3.05) is 67.5 Å². The minimum atomic E-state index is 0.662. The fourth-order valence-electron chi connectivity index (χ4n) is 6.31. The predicted octanol–water partition coefficient (Wildman–Crippen LogP) is 10.5. The van der Waals surface area contributed by atoms with E-state index in [4.69, 9.17) is 0 Å². The smallest absolute Gasteiger partial charge is 0.0794 e. The lowest BCUT2D eigenvalue weighted by molar-refractivity contribution is -0.891. The molecule has 0 aliphatic rings. The molecule has 0 aromatic carbocycles. The van der Waals surface area contributed by atoms with Crippen molar-refractivity contribution in [1.29, 1.82) is 0 Å². The van der Waals surface area contributed by atoms with Gasteiger partial charge in [-0.3, -0.25) is 0 Å². The second-order valence-corrected chi connectivity index (χ2v) is 15.0. The lowest BCUT2D eigenvalue weighted by atomic mass is 10.1. The summed E-state index contributed by atoms with van der Waals surface area (Å²) in [6.07, 6.45) is 31.4. The second-order valence-electron chi connectivity index (χ2n) is 15.0. The summed E-state index contributed by atoms with van der Waals surface area (Å²) < 4.78 is 2.40. The topological polar surface area (TPSA) is 3.24 Å². The van der Waals surface area contributed by atoms with Gasteiger partial charge in [-0.15, -0.1) is 0 Å². The summed E-state index contributed by atoms with van der Waals surface area (Å²) in [6, 6.07) is 0.662. The zero-order chi connectivity index (χ0) is 30.0. The van der Waals surface area contributed by atoms with Gasteiger partial charge < -0.3 is 13.9 Å². The number of nitrogens with zero attached hydrogens (tertiary/aromatic N) is 3. The van der Waals surface area contributed by atoms with Crippen molar-refractivity contribution in [2.24, 2.45) is 0 Å². The molecule has 0 aliphatic heterocycles. The Morgan fingerprint density at radius 2 is 0.625 bits per heavy atom. The van der Waals surface area contributed by atoms with Crippen molar-refractivity contribution in [3.05, 3.63) is 0 Å². The van der Waals surface area contributed by atoms with Crippen LogP contribution >= 0.6 is 0 Å². The molecule has 0 rings (SSSR count). The van der Waals surface area contributed by atoms with Crippen molar-refractivity contribution < 1.29 is 8.97 Å². The van der Waals surface area contributed by atoms with E-state index in [1.54, 1.807) is 0 Å². The van der Waals surface area contributed by atoms with Crippen LogP contribution in [0.25, 0.3) is 0 Å². The molecule has 0 N–H and O–H groups in total. The average molecular weight is 568 g/mol. The number of hydrogen-bond acceptors (Lipinski definition) is 1. The Morgan fingerprint density at radius 3 is 0.900 bits per heavy atom. The van der Waals surface area contributed by atoms with Gasteiger partial charge in [0.25, 0.3) is 0 Å². The molecular weight excluding hydrogens is 486 g/mol. The van der Waals surface area contributed by atoms with E-state index in [2.05, 4.69) is 60.8 Å². The van der Waals surface area contributed by atoms with Gasteiger partial charge in [0.15, 0.2) is 0 Å². The molecule has 0 unspecified atom stereocenters. The summed E-state index contributed by atoms with van der Waals surface area (Å²) in [7, 11) is 9.84. The first kappa shape index (κ1) is 39.9. The van der Waals surface area contributed by atoms with Crippen molar-refractivity contribution in [2.45, 2.75) is 175 Å². The quantitative estimate of drug-likeness (QED) is 0.0595. The van der Waals surface area contributed by atoms with Crippen LogP contribution < -0.4 is 0 Å². The Morgan fingerprint density at radius 1 is 0.375 bits per heavy atom. The molecule has 0 aliphatic carbocycles. The maximum atomic E-state index is 2.75. The van der Waals surface area contributed by atoms with Crippen LogP contribution in [0.2, 0.25) is 0 Å². The third-order valence-corrected chi connectivity index (χ3v) is 9.38. The third kappa shape index (κ3) is 26.8. The molecule has 0 aromatic heterocycles. The van der Waals surface area contributed by atoms with Crippen LogP contribution in [-0.4, -0.2) is 87.4 Å². The van der Waals surface area contributed by atoms with E-state index in [0.29, 0.717) is 6.04 Å². The van der Waals surface area contributed by atoms with Gasteiger partial charge in [0.2, 0.25) is 0 Å². The van der Waals surface area contributed by atoms with Crippen LogP contribution in [-0.2, 0) is 0 Å². The number of quaternary nitrogens is 2. The van der Waals surface area contributed by atoms with Crippen LogP contribution in [0.5, 0.6) is 0 Å². The lowest BCUT2D eigenvalue weighted by Gasteiger charge is -2.34. The molecule has 3 heteroatoms. The lowest BCUT2D eigenvalue weighted by Crippen LogP contribution is -2.44. The van der Waals surface area contributed by atoms with E-state index in [-0.39, 0.29) is 0 Å². The summed E-state index contributed by atoms with van der Waals surface area (Å²) in [6.45, 7) is 17.3. The highest BCUT2D eigenvalue weighted by atomic mass is 15.3. The first-order valence-electron chi connectivity index (χ1n) is 18.5. The molecule has 0 amide bonds. The van der Waals surface area contributed by atoms with Crippen LogP contribution in [0.4, 0.5) is 0 Å². The summed E-state index contributed by atoms with van der Waals surface area (Å²) in [5.41, 5.74) is 0. The Labute approximate surface area is 256 Å². The molecule has 40 heavy (non-hydrogen) atoms. The first-order chi connectivity index (χ1) is 19.1. The first-order valence-corrected chi connectivity index (χ1v) is 18.5. The average Bonchev–Trinajstić information content (AvgIpc) is 2.89. The van der Waals surface area contributed by atoms with Gasteiger partial charge in [-0.1, -0.05) is 117 Å². The van der Waals surface area contributed by atoms with Gasteiger partial charge in [-0.05, 0) is 39.5 Å². The normalized spacial score (nSPS) is 12.8. The van der Waals surface area contributed by atoms with Gasteiger partial charge in [0, 0.05) is 32.0 Å². The summed E-state index contributed by atoms with van der Waals surface area (Å²) in [5, 5.41) is 0. The predicted molar refractivity (Wildman–Crippen MR) is 183 cm³/mol. The molecule has 242 valence electrons. The van der Waals surface area contributed by atoms with Gasteiger partial charge in [-0.2, -0.15) is 0 Å². The zero-order valence-electron chi connectivity index (χ0n) is 29.7. The van der Waals surface area contributed by atoms with Crippen molar-refractivity contribution >= 4 is 0 Å². The number of rotatable bonds is 31. The Bertz CT molecular complexity index is 472. The van der Waals surface area contributed by atoms with E-state index in [9.17, 15) is 0 Å². The summed E-state index contributed by atoms with van der Waals surface area (Å²) in [5.74, 6) is 0. The molecule has 3 nitrogen and oxygen atoms in total. The highest BCUT2D eigenvalue weighted by molar-refractivity contribution is 4.63. The zero-order valence-corrected chi connectivity index (χ0v) is 29.7. The molecular formula is C37H81N3+2. The van der Waals surface area contributed by atoms with Crippen LogP contribution in [0, 0.1) is 0 Å². The fraction of sp³-hybridized carbons (Fsp3) is 1.00. The minimum absolute atomic E-state index is 0.662. The SMILES string of the molecule is CCCCCCCCCCCC[N+](C)(C)CCCN(CCC[N+](C)(C)CCCCCCCCCCCC)C(C)C. The van der Waals surface area contributed by atoms with Crippen molar-refractivity contribution in [3.8, 4) is 0 Å². The molecule has 0 fully saturated rings. The van der Waals surface area contributed by atoms with Crippen LogP contribution in [0.1, 0.15) is 169 Å². The van der Waals surface area contributed by atoms with Gasteiger partial charge in [0.05, 0.1) is 54.4 Å². The standard InChI is InChI=1S/C37H81N3/c1-9-11-13-15-17-19-21-23-25-27-33-39(5,6)35-29-31-38(37(3)4)32-30-36-40(7,8)34-28-26-24-22-20-18-16-14-12-10-2/h37H,9-36H2,1-8H3/q+2. The van der Waals surface area contributed by atoms with E-state index in [1.807, 2.05) is 0 Å². The molecule has 0 heterocycles. The maximum absolute atomic E-state index is 2.75. The van der Waals surface area contributed by atoms with E-state index in [1.165, 1.54) is 189 Å².